The van der Waals surface area contributed by atoms with Crippen molar-refractivity contribution in [1.82, 2.24) is 0 Å². The molecule has 0 saturated carbocycles. The van der Waals surface area contributed by atoms with Crippen molar-refractivity contribution in [3.63, 3.8) is 0 Å². The highest BCUT2D eigenvalue weighted by atomic mass is 16.2. The number of aryl methyl sites for hydroxylation is 2. The van der Waals surface area contributed by atoms with Crippen LogP contribution in [0.4, 0.5) is 11.4 Å². The third-order valence-electron chi connectivity index (χ3n) is 7.79. The molecule has 3 amide bonds. The quantitative estimate of drug-likeness (QED) is 0.707. The lowest BCUT2D eigenvalue weighted by molar-refractivity contribution is -0.948. The predicted molar refractivity (Wildman–Crippen MR) is 111 cm³/mol. The highest BCUT2D eigenvalue weighted by Gasteiger charge is 2.78. The first-order chi connectivity index (χ1) is 14.5. The topological polar surface area (TPSA) is 70.9 Å². The van der Waals surface area contributed by atoms with E-state index in [1.165, 1.54) is 4.90 Å². The Morgan fingerprint density at radius 2 is 1.73 bits per heavy atom. The van der Waals surface area contributed by atoms with Gasteiger partial charge in [-0.05, 0) is 31.0 Å². The monoisotopic (exact) mass is 402 g/mol. The molecule has 152 valence electrons. The number of carbonyl (C=O) groups excluding carboxylic acids is 3. The van der Waals surface area contributed by atoms with Crippen LogP contribution in [0.15, 0.2) is 42.5 Å². The molecule has 6 rings (SSSR count). The number of anilines is 2. The van der Waals surface area contributed by atoms with E-state index in [1.54, 1.807) is 0 Å². The number of nitrogens with one attached hydrogen (secondary N) is 2. The number of hydrogen-bond acceptors (Lipinski definition) is 3. The molecule has 1 unspecified atom stereocenters. The molecule has 4 heterocycles. The highest BCUT2D eigenvalue weighted by Crippen LogP contribution is 2.52. The maximum atomic E-state index is 14.0. The summed E-state index contributed by atoms with van der Waals surface area (Å²) in [4.78, 5) is 43.8. The molecule has 0 radical (unpaired) electrons. The van der Waals surface area contributed by atoms with Gasteiger partial charge in [-0.25, -0.2) is 4.90 Å². The van der Waals surface area contributed by atoms with Crippen LogP contribution in [0.2, 0.25) is 0 Å². The smallest absolute Gasteiger partial charge is 0.291 e. The van der Waals surface area contributed by atoms with E-state index in [1.807, 2.05) is 56.3 Å². The Morgan fingerprint density at radius 1 is 1.00 bits per heavy atom. The molecule has 3 saturated heterocycles. The summed E-state index contributed by atoms with van der Waals surface area (Å²) in [7, 11) is 0. The van der Waals surface area contributed by atoms with E-state index in [-0.39, 0.29) is 23.8 Å². The molecule has 2 aromatic carbocycles. The first-order valence-corrected chi connectivity index (χ1v) is 10.7. The predicted octanol–water partition coefficient (Wildman–Crippen LogP) is 1.32. The van der Waals surface area contributed by atoms with Crippen LogP contribution in [0.25, 0.3) is 0 Å². The van der Waals surface area contributed by atoms with Gasteiger partial charge < -0.3 is 10.2 Å². The number of para-hydroxylation sites is 2. The number of quaternary nitrogens is 1. The van der Waals surface area contributed by atoms with Crippen molar-refractivity contribution in [1.29, 1.82) is 0 Å². The fraction of sp³-hybridized carbons (Fsp3) is 0.375. The molecule has 3 fully saturated rings. The molecule has 0 aromatic heterocycles. The first-order valence-electron chi connectivity index (χ1n) is 10.7. The number of amides is 3. The second-order valence-corrected chi connectivity index (χ2v) is 9.09. The average Bonchev–Trinajstić information content (AvgIpc) is 3.42. The Kier molecular flexibility index (Phi) is 3.44. The van der Waals surface area contributed by atoms with Gasteiger partial charge in [0, 0.05) is 18.4 Å². The number of imide groups is 1. The van der Waals surface area contributed by atoms with E-state index in [0.29, 0.717) is 5.69 Å². The number of fused-ring (bicyclic) bond motifs is 7. The lowest BCUT2D eigenvalue weighted by Crippen LogP contribution is -3.19. The number of benzene rings is 2. The SMILES string of the molecule is Cc1cccc(C)c1N1C(=O)[C@H]2[C@H]3CCC[NH+]3[C@@]3(C(=O)Nc4ccccc43)[C@H]2C1=O. The van der Waals surface area contributed by atoms with Crippen LogP contribution in [0.5, 0.6) is 0 Å². The van der Waals surface area contributed by atoms with Gasteiger partial charge in [-0.15, -0.1) is 0 Å². The molecule has 0 bridgehead atoms. The molecule has 5 atom stereocenters. The average molecular weight is 402 g/mol. The zero-order valence-corrected chi connectivity index (χ0v) is 17.1. The van der Waals surface area contributed by atoms with Crippen LogP contribution in [0, 0.1) is 25.7 Å². The van der Waals surface area contributed by atoms with Crippen LogP contribution in [-0.4, -0.2) is 30.3 Å². The molecule has 6 heteroatoms. The van der Waals surface area contributed by atoms with E-state index in [0.717, 1.165) is 46.7 Å². The van der Waals surface area contributed by atoms with Crippen molar-refractivity contribution in [2.45, 2.75) is 38.3 Å². The summed E-state index contributed by atoms with van der Waals surface area (Å²) < 4.78 is 0. The minimum Gasteiger partial charge on any atom is -0.320 e. The summed E-state index contributed by atoms with van der Waals surface area (Å²) in [6.07, 6.45) is 1.83. The molecule has 1 spiro atoms. The highest BCUT2D eigenvalue weighted by molar-refractivity contribution is 6.25. The van der Waals surface area contributed by atoms with Gasteiger partial charge in [-0.2, -0.15) is 0 Å². The summed E-state index contributed by atoms with van der Waals surface area (Å²) >= 11 is 0. The summed E-state index contributed by atoms with van der Waals surface area (Å²) in [5, 5.41) is 3.03. The van der Waals surface area contributed by atoms with Gasteiger partial charge in [0.25, 0.3) is 5.91 Å². The van der Waals surface area contributed by atoms with Crippen LogP contribution >= 0.6 is 0 Å². The Bertz CT molecular complexity index is 1120. The molecule has 4 aliphatic heterocycles. The lowest BCUT2D eigenvalue weighted by atomic mass is 9.75. The van der Waals surface area contributed by atoms with E-state index < -0.39 is 17.4 Å². The molecule has 4 aliphatic rings. The van der Waals surface area contributed by atoms with E-state index in [2.05, 4.69) is 5.32 Å². The number of carbonyl (C=O) groups is 3. The van der Waals surface area contributed by atoms with Gasteiger partial charge in [-0.1, -0.05) is 36.4 Å². The molecule has 2 aromatic rings. The van der Waals surface area contributed by atoms with Crippen molar-refractivity contribution in [3.05, 3.63) is 59.2 Å². The summed E-state index contributed by atoms with van der Waals surface area (Å²) in [5.41, 5.74) is 3.11. The summed E-state index contributed by atoms with van der Waals surface area (Å²) in [6.45, 7) is 4.66. The van der Waals surface area contributed by atoms with Gasteiger partial charge in [-0.3, -0.25) is 14.4 Å². The van der Waals surface area contributed by atoms with Crippen LogP contribution in [-0.2, 0) is 19.9 Å². The van der Waals surface area contributed by atoms with Gasteiger partial charge in [0.1, 0.15) is 17.9 Å². The van der Waals surface area contributed by atoms with Crippen LogP contribution in [0.3, 0.4) is 0 Å². The van der Waals surface area contributed by atoms with Crippen molar-refractivity contribution < 1.29 is 19.3 Å². The molecule has 30 heavy (non-hydrogen) atoms. The van der Waals surface area contributed by atoms with Crippen molar-refractivity contribution in [2.75, 3.05) is 16.8 Å². The standard InChI is InChI=1S/C24H23N3O3/c1-13-7-5-8-14(2)20(13)27-21(28)18-17-11-6-12-26(17)24(19(18)22(27)29)15-9-3-4-10-16(15)25-23(24)30/h3-5,7-10,17-19H,6,11-12H2,1-2H3,(H,25,30)/p+1/t17-,18+,19-,24-/m1/s1. The third-order valence-corrected chi connectivity index (χ3v) is 7.79. The number of hydrogen-bond donors (Lipinski definition) is 2. The molecular formula is C24H24N3O3+. The Labute approximate surface area is 174 Å². The summed E-state index contributed by atoms with van der Waals surface area (Å²) in [6, 6.07) is 13.5. The van der Waals surface area contributed by atoms with Gasteiger partial charge >= 0.3 is 0 Å². The minimum atomic E-state index is -1.01. The lowest BCUT2D eigenvalue weighted by Gasteiger charge is -2.33. The van der Waals surface area contributed by atoms with Gasteiger partial charge in [0.15, 0.2) is 0 Å². The van der Waals surface area contributed by atoms with E-state index >= 15 is 0 Å². The summed E-state index contributed by atoms with van der Waals surface area (Å²) in [5.74, 6) is -1.61. The molecule has 2 N–H and O–H groups in total. The van der Waals surface area contributed by atoms with E-state index in [9.17, 15) is 14.4 Å². The Balaban J connectivity index is 1.58. The van der Waals surface area contributed by atoms with Crippen LogP contribution in [0.1, 0.15) is 29.5 Å². The second-order valence-electron chi connectivity index (χ2n) is 9.09. The third kappa shape index (κ3) is 1.86. The normalized spacial score (nSPS) is 33.8. The number of nitrogens with zero attached hydrogens (tertiary/aromatic N) is 1. The fourth-order valence-electron chi connectivity index (χ4n) is 6.80. The van der Waals surface area contributed by atoms with Crippen molar-refractivity contribution >= 4 is 29.1 Å². The maximum Gasteiger partial charge on any atom is 0.291 e. The zero-order chi connectivity index (χ0) is 20.8. The fourth-order valence-corrected chi connectivity index (χ4v) is 6.80. The second kappa shape index (κ2) is 5.79. The first kappa shape index (κ1) is 17.8. The maximum absolute atomic E-state index is 14.0. The van der Waals surface area contributed by atoms with Crippen molar-refractivity contribution in [3.8, 4) is 0 Å². The van der Waals surface area contributed by atoms with Gasteiger partial charge in [0.05, 0.1) is 17.9 Å². The largest absolute Gasteiger partial charge is 0.320 e. The van der Waals surface area contributed by atoms with Crippen LogP contribution < -0.4 is 15.1 Å². The number of rotatable bonds is 1. The molecule has 0 aliphatic carbocycles. The molecular weight excluding hydrogens is 378 g/mol. The van der Waals surface area contributed by atoms with Gasteiger partial charge in [0.2, 0.25) is 17.4 Å². The zero-order valence-electron chi connectivity index (χ0n) is 17.1. The molecule has 6 nitrogen and oxygen atoms in total. The van der Waals surface area contributed by atoms with E-state index in [4.69, 9.17) is 0 Å². The van der Waals surface area contributed by atoms with Crippen molar-refractivity contribution in [2.24, 2.45) is 11.8 Å². The minimum absolute atomic E-state index is 0.00215. The Hall–Kier alpha value is -2.99. The Morgan fingerprint density at radius 3 is 2.50 bits per heavy atom.